The minimum atomic E-state index is 0.0639. The molecule has 0 aliphatic heterocycles. The van der Waals surface area contributed by atoms with E-state index in [1.807, 2.05) is 6.20 Å². The maximum atomic E-state index is 4.67. The predicted octanol–water partition coefficient (Wildman–Crippen LogP) is 5.59. The Kier molecular flexibility index (Phi) is 4.01. The normalized spacial score (nSPS) is 14.2. The molecular weight excluding hydrogens is 256 g/mol. The Morgan fingerprint density at radius 1 is 1.00 bits per heavy atom. The van der Waals surface area contributed by atoms with E-state index in [0.717, 1.165) is 11.2 Å². The van der Waals surface area contributed by atoms with Gasteiger partial charge in [-0.05, 0) is 55.9 Å². The number of aromatic nitrogens is 1. The van der Waals surface area contributed by atoms with Gasteiger partial charge in [-0.2, -0.15) is 0 Å². The topological polar surface area (TPSA) is 24.9 Å². The summed E-state index contributed by atoms with van der Waals surface area (Å²) in [5, 5.41) is 4.71. The summed E-state index contributed by atoms with van der Waals surface area (Å²) in [6, 6.07) is 8.71. The standard InChI is InChI=1S/C19H28N2/c1-13(18(2,3)4)15-10-14-8-9-16(21-19(5,6)7)11-17(14)20-12-15/h8-13,21H,1-7H3. The van der Waals surface area contributed by atoms with Crippen molar-refractivity contribution in [3.05, 3.63) is 36.0 Å². The van der Waals surface area contributed by atoms with Crippen LogP contribution in [0.5, 0.6) is 0 Å². The van der Waals surface area contributed by atoms with Crippen LogP contribution < -0.4 is 5.32 Å². The van der Waals surface area contributed by atoms with Crippen LogP contribution in [0, 0.1) is 5.41 Å². The smallest absolute Gasteiger partial charge is 0.0722 e. The number of hydrogen-bond donors (Lipinski definition) is 1. The van der Waals surface area contributed by atoms with Gasteiger partial charge in [0.25, 0.3) is 0 Å². The van der Waals surface area contributed by atoms with Crippen molar-refractivity contribution in [2.75, 3.05) is 5.32 Å². The lowest BCUT2D eigenvalue weighted by Gasteiger charge is -2.27. The number of nitrogens with zero attached hydrogens (tertiary/aromatic N) is 1. The third kappa shape index (κ3) is 3.96. The molecule has 1 atom stereocenters. The van der Waals surface area contributed by atoms with E-state index in [2.05, 4.69) is 83.0 Å². The molecule has 1 heterocycles. The first-order valence-corrected chi connectivity index (χ1v) is 7.74. The maximum Gasteiger partial charge on any atom is 0.0722 e. The van der Waals surface area contributed by atoms with Gasteiger partial charge in [0, 0.05) is 22.8 Å². The van der Waals surface area contributed by atoms with Crippen LogP contribution in [0.1, 0.15) is 59.9 Å². The molecule has 1 aromatic carbocycles. The molecule has 2 heteroatoms. The molecule has 1 N–H and O–H groups in total. The third-order valence-corrected chi connectivity index (χ3v) is 4.02. The van der Waals surface area contributed by atoms with E-state index in [1.165, 1.54) is 10.9 Å². The van der Waals surface area contributed by atoms with E-state index in [4.69, 9.17) is 0 Å². The number of hydrogen-bond acceptors (Lipinski definition) is 2. The van der Waals surface area contributed by atoms with Crippen LogP contribution in [-0.2, 0) is 0 Å². The van der Waals surface area contributed by atoms with Gasteiger partial charge in [-0.25, -0.2) is 0 Å². The number of fused-ring (bicyclic) bond motifs is 1. The molecule has 0 amide bonds. The SMILES string of the molecule is CC(c1cnc2cc(NC(C)(C)C)ccc2c1)C(C)(C)C. The number of anilines is 1. The Labute approximate surface area is 129 Å². The molecule has 0 saturated heterocycles. The lowest BCUT2D eigenvalue weighted by molar-refractivity contribution is 0.339. The summed E-state index contributed by atoms with van der Waals surface area (Å²) < 4.78 is 0. The molecule has 21 heavy (non-hydrogen) atoms. The Bertz CT molecular complexity index is 630. The molecule has 2 nitrogen and oxygen atoms in total. The van der Waals surface area contributed by atoms with E-state index < -0.39 is 0 Å². The minimum Gasteiger partial charge on any atom is -0.380 e. The summed E-state index contributed by atoms with van der Waals surface area (Å²) in [5.41, 5.74) is 3.80. The predicted molar refractivity (Wildman–Crippen MR) is 93.0 cm³/mol. The summed E-state index contributed by atoms with van der Waals surface area (Å²) >= 11 is 0. The second kappa shape index (κ2) is 5.32. The number of nitrogens with one attached hydrogen (secondary N) is 1. The Hall–Kier alpha value is -1.57. The molecule has 0 fully saturated rings. The van der Waals surface area contributed by atoms with Crippen LogP contribution in [0.3, 0.4) is 0 Å². The van der Waals surface area contributed by atoms with E-state index in [0.29, 0.717) is 5.92 Å². The molecule has 114 valence electrons. The maximum absolute atomic E-state index is 4.67. The van der Waals surface area contributed by atoms with Crippen LogP contribution in [0.25, 0.3) is 10.9 Å². The summed E-state index contributed by atoms with van der Waals surface area (Å²) in [5.74, 6) is 0.488. The molecule has 2 aromatic rings. The van der Waals surface area contributed by atoms with Crippen molar-refractivity contribution < 1.29 is 0 Å². The van der Waals surface area contributed by atoms with Crippen LogP contribution in [0.4, 0.5) is 5.69 Å². The average molecular weight is 284 g/mol. The fourth-order valence-electron chi connectivity index (χ4n) is 2.39. The highest BCUT2D eigenvalue weighted by atomic mass is 14.9. The zero-order valence-electron chi connectivity index (χ0n) is 14.4. The number of pyridine rings is 1. The molecule has 0 spiro atoms. The first-order chi connectivity index (χ1) is 9.56. The fraction of sp³-hybridized carbons (Fsp3) is 0.526. The first kappa shape index (κ1) is 15.8. The fourth-order valence-corrected chi connectivity index (χ4v) is 2.39. The van der Waals surface area contributed by atoms with Gasteiger partial charge < -0.3 is 5.32 Å². The van der Waals surface area contributed by atoms with Crippen molar-refractivity contribution >= 4 is 16.6 Å². The second-order valence-electron chi connectivity index (χ2n) is 8.14. The molecule has 0 radical (unpaired) electrons. The zero-order valence-corrected chi connectivity index (χ0v) is 14.4. The highest BCUT2D eigenvalue weighted by Gasteiger charge is 2.22. The highest BCUT2D eigenvalue weighted by molar-refractivity contribution is 5.82. The molecule has 0 aliphatic rings. The summed E-state index contributed by atoms with van der Waals surface area (Å²) in [7, 11) is 0. The lowest BCUT2D eigenvalue weighted by atomic mass is 9.78. The van der Waals surface area contributed by atoms with Gasteiger partial charge in [0.05, 0.1) is 5.52 Å². The Balaban J connectivity index is 2.36. The summed E-state index contributed by atoms with van der Waals surface area (Å²) in [4.78, 5) is 4.67. The van der Waals surface area contributed by atoms with Crippen molar-refractivity contribution in [1.82, 2.24) is 4.98 Å². The van der Waals surface area contributed by atoms with Crippen molar-refractivity contribution in [1.29, 1.82) is 0 Å². The molecule has 1 unspecified atom stereocenters. The second-order valence-corrected chi connectivity index (χ2v) is 8.14. The highest BCUT2D eigenvalue weighted by Crippen LogP contribution is 2.35. The van der Waals surface area contributed by atoms with E-state index >= 15 is 0 Å². The zero-order chi connectivity index (χ0) is 15.8. The van der Waals surface area contributed by atoms with Crippen molar-refractivity contribution in [3.8, 4) is 0 Å². The summed E-state index contributed by atoms with van der Waals surface area (Å²) in [6.45, 7) is 15.6. The minimum absolute atomic E-state index is 0.0639. The number of rotatable bonds is 2. The Morgan fingerprint density at radius 2 is 1.67 bits per heavy atom. The quantitative estimate of drug-likeness (QED) is 0.777. The lowest BCUT2D eigenvalue weighted by Crippen LogP contribution is -2.25. The molecule has 0 saturated carbocycles. The van der Waals surface area contributed by atoms with Crippen molar-refractivity contribution in [2.24, 2.45) is 5.41 Å². The van der Waals surface area contributed by atoms with Crippen LogP contribution >= 0.6 is 0 Å². The molecule has 2 rings (SSSR count). The van der Waals surface area contributed by atoms with Gasteiger partial charge in [-0.1, -0.05) is 33.8 Å². The molecule has 0 bridgehead atoms. The van der Waals surface area contributed by atoms with E-state index in [9.17, 15) is 0 Å². The molecular formula is C19H28N2. The van der Waals surface area contributed by atoms with Crippen LogP contribution in [0.2, 0.25) is 0 Å². The Morgan fingerprint density at radius 3 is 2.24 bits per heavy atom. The van der Waals surface area contributed by atoms with Gasteiger partial charge >= 0.3 is 0 Å². The van der Waals surface area contributed by atoms with Gasteiger partial charge in [-0.3, -0.25) is 4.98 Å². The van der Waals surface area contributed by atoms with Gasteiger partial charge in [0.2, 0.25) is 0 Å². The van der Waals surface area contributed by atoms with E-state index in [-0.39, 0.29) is 11.0 Å². The molecule has 0 aliphatic carbocycles. The third-order valence-electron chi connectivity index (χ3n) is 4.02. The average Bonchev–Trinajstić information content (AvgIpc) is 2.34. The van der Waals surface area contributed by atoms with Crippen molar-refractivity contribution in [3.63, 3.8) is 0 Å². The first-order valence-electron chi connectivity index (χ1n) is 7.74. The van der Waals surface area contributed by atoms with Crippen molar-refractivity contribution in [2.45, 2.75) is 59.9 Å². The van der Waals surface area contributed by atoms with Gasteiger partial charge in [-0.15, -0.1) is 0 Å². The largest absolute Gasteiger partial charge is 0.380 e. The van der Waals surface area contributed by atoms with Crippen LogP contribution in [0.15, 0.2) is 30.5 Å². The van der Waals surface area contributed by atoms with Gasteiger partial charge in [0.15, 0.2) is 0 Å². The van der Waals surface area contributed by atoms with E-state index in [1.54, 1.807) is 0 Å². The summed E-state index contributed by atoms with van der Waals surface area (Å²) in [6.07, 6.45) is 2.03. The molecule has 1 aromatic heterocycles. The monoisotopic (exact) mass is 284 g/mol. The van der Waals surface area contributed by atoms with Crippen LogP contribution in [-0.4, -0.2) is 10.5 Å². The van der Waals surface area contributed by atoms with Gasteiger partial charge in [0.1, 0.15) is 0 Å². The number of benzene rings is 1.